The maximum Gasteiger partial charge on any atom is 0.0149 e. The van der Waals surface area contributed by atoms with Crippen molar-refractivity contribution in [2.75, 3.05) is 26.2 Å². The summed E-state index contributed by atoms with van der Waals surface area (Å²) in [6.07, 6.45) is 5.49. The molecule has 0 saturated carbocycles. The van der Waals surface area contributed by atoms with E-state index < -0.39 is 0 Å². The number of hydrogen-bond donors (Lipinski definition) is 1. The molecule has 2 atom stereocenters. The molecule has 108 valence electrons. The van der Waals surface area contributed by atoms with Crippen LogP contribution < -0.4 is 5.32 Å². The highest BCUT2D eigenvalue weighted by Crippen LogP contribution is 2.24. The van der Waals surface area contributed by atoms with E-state index in [2.05, 4.69) is 49.7 Å². The Labute approximate surface area is 118 Å². The third-order valence-electron chi connectivity index (χ3n) is 3.45. The second-order valence-electron chi connectivity index (χ2n) is 6.04. The molecule has 1 heterocycles. The summed E-state index contributed by atoms with van der Waals surface area (Å²) >= 11 is 2.15. The van der Waals surface area contributed by atoms with Gasteiger partial charge in [-0.05, 0) is 25.9 Å². The van der Waals surface area contributed by atoms with Crippen LogP contribution in [0.5, 0.6) is 0 Å². The van der Waals surface area contributed by atoms with Crippen LogP contribution in [0.3, 0.4) is 0 Å². The van der Waals surface area contributed by atoms with E-state index in [0.29, 0.717) is 6.04 Å². The van der Waals surface area contributed by atoms with Gasteiger partial charge in [-0.1, -0.05) is 40.5 Å². The molecular weight excluding hydrogens is 240 g/mol. The molecule has 2 nitrogen and oxygen atoms in total. The van der Waals surface area contributed by atoms with E-state index in [1.165, 1.54) is 51.9 Å². The fourth-order valence-electron chi connectivity index (χ4n) is 2.67. The second-order valence-corrected chi connectivity index (χ2v) is 7.92. The van der Waals surface area contributed by atoms with Gasteiger partial charge < -0.3 is 10.2 Å². The van der Waals surface area contributed by atoms with Gasteiger partial charge in [0.25, 0.3) is 0 Å². The topological polar surface area (TPSA) is 15.3 Å². The van der Waals surface area contributed by atoms with Gasteiger partial charge in [0.05, 0.1) is 0 Å². The molecule has 0 bridgehead atoms. The number of thioether (sulfide) groups is 1. The summed E-state index contributed by atoms with van der Waals surface area (Å²) in [6, 6.07) is 0.638. The van der Waals surface area contributed by atoms with Crippen LogP contribution in [-0.2, 0) is 0 Å². The van der Waals surface area contributed by atoms with Gasteiger partial charge in [-0.15, -0.1) is 0 Å². The van der Waals surface area contributed by atoms with Gasteiger partial charge >= 0.3 is 0 Å². The van der Waals surface area contributed by atoms with Crippen molar-refractivity contribution in [3.05, 3.63) is 0 Å². The summed E-state index contributed by atoms with van der Waals surface area (Å²) in [7, 11) is 0. The van der Waals surface area contributed by atoms with Crippen LogP contribution in [0.15, 0.2) is 0 Å². The largest absolute Gasteiger partial charge is 0.315 e. The van der Waals surface area contributed by atoms with E-state index in [1.807, 2.05) is 0 Å². The van der Waals surface area contributed by atoms with Crippen LogP contribution in [0.1, 0.15) is 53.4 Å². The van der Waals surface area contributed by atoms with Crippen molar-refractivity contribution in [2.24, 2.45) is 0 Å². The van der Waals surface area contributed by atoms with Crippen molar-refractivity contribution in [1.82, 2.24) is 10.2 Å². The highest BCUT2D eigenvalue weighted by atomic mass is 32.2. The van der Waals surface area contributed by atoms with Crippen molar-refractivity contribution in [3.63, 3.8) is 0 Å². The molecule has 1 rings (SSSR count). The van der Waals surface area contributed by atoms with E-state index in [9.17, 15) is 0 Å². The number of nitrogens with zero attached hydrogens (tertiary/aromatic N) is 1. The molecule has 0 amide bonds. The van der Waals surface area contributed by atoms with Crippen molar-refractivity contribution < 1.29 is 0 Å². The van der Waals surface area contributed by atoms with E-state index in [-0.39, 0.29) is 0 Å². The average Bonchev–Trinajstić information content (AvgIpc) is 2.26. The number of hydrogen-bond acceptors (Lipinski definition) is 3. The molecule has 1 fully saturated rings. The Morgan fingerprint density at radius 1 is 1.06 bits per heavy atom. The van der Waals surface area contributed by atoms with Crippen LogP contribution in [0.2, 0.25) is 0 Å². The molecule has 2 unspecified atom stereocenters. The molecular formula is C15H32N2S. The molecule has 0 aromatic carbocycles. The Morgan fingerprint density at radius 3 is 2.28 bits per heavy atom. The Balaban J connectivity index is 1.94. The van der Waals surface area contributed by atoms with E-state index in [4.69, 9.17) is 0 Å². The summed E-state index contributed by atoms with van der Waals surface area (Å²) in [5.74, 6) is 0. The average molecular weight is 273 g/mol. The molecule has 0 aromatic heterocycles. The van der Waals surface area contributed by atoms with Crippen molar-refractivity contribution >= 4 is 11.8 Å². The SMILES string of the molecule is CC(C)NCCCCCCN1CC(C)SC(C)C1. The van der Waals surface area contributed by atoms with Gasteiger partial charge in [0, 0.05) is 29.6 Å². The zero-order valence-electron chi connectivity index (χ0n) is 12.7. The summed E-state index contributed by atoms with van der Waals surface area (Å²) in [4.78, 5) is 2.66. The first kappa shape index (κ1) is 16.3. The van der Waals surface area contributed by atoms with Crippen LogP contribution in [0.4, 0.5) is 0 Å². The van der Waals surface area contributed by atoms with Crippen LogP contribution in [-0.4, -0.2) is 47.6 Å². The van der Waals surface area contributed by atoms with Crippen LogP contribution in [0, 0.1) is 0 Å². The minimum atomic E-state index is 0.638. The molecule has 3 heteroatoms. The van der Waals surface area contributed by atoms with Crippen LogP contribution >= 0.6 is 11.8 Å². The predicted octanol–water partition coefficient (Wildman–Crippen LogP) is 3.37. The highest BCUT2D eigenvalue weighted by molar-refractivity contribution is 8.00. The zero-order valence-corrected chi connectivity index (χ0v) is 13.6. The standard InChI is InChI=1S/C15H32N2S/c1-13(2)16-9-7-5-6-8-10-17-11-14(3)18-15(4)12-17/h13-16H,5-12H2,1-4H3. The minimum absolute atomic E-state index is 0.638. The first-order valence-electron chi connectivity index (χ1n) is 7.69. The number of unbranched alkanes of at least 4 members (excludes halogenated alkanes) is 3. The first-order valence-corrected chi connectivity index (χ1v) is 8.63. The van der Waals surface area contributed by atoms with E-state index in [0.717, 1.165) is 10.5 Å². The molecule has 0 aromatic rings. The van der Waals surface area contributed by atoms with Gasteiger partial charge in [0.1, 0.15) is 0 Å². The summed E-state index contributed by atoms with van der Waals surface area (Å²) in [5.41, 5.74) is 0. The van der Waals surface area contributed by atoms with Gasteiger partial charge in [-0.2, -0.15) is 11.8 Å². The van der Waals surface area contributed by atoms with Gasteiger partial charge in [0.15, 0.2) is 0 Å². The van der Waals surface area contributed by atoms with Crippen LogP contribution in [0.25, 0.3) is 0 Å². The molecule has 0 radical (unpaired) electrons. The molecule has 18 heavy (non-hydrogen) atoms. The van der Waals surface area contributed by atoms with Crippen molar-refractivity contribution in [2.45, 2.75) is 69.9 Å². The lowest BCUT2D eigenvalue weighted by Crippen LogP contribution is -2.40. The summed E-state index contributed by atoms with van der Waals surface area (Å²) < 4.78 is 0. The summed E-state index contributed by atoms with van der Waals surface area (Å²) in [5, 5.41) is 5.13. The van der Waals surface area contributed by atoms with Gasteiger partial charge in [0.2, 0.25) is 0 Å². The van der Waals surface area contributed by atoms with E-state index >= 15 is 0 Å². The maximum atomic E-state index is 3.48. The first-order chi connectivity index (χ1) is 8.58. The molecule has 1 aliphatic rings. The normalized spacial score (nSPS) is 25.8. The lowest BCUT2D eigenvalue weighted by Gasteiger charge is -2.34. The lowest BCUT2D eigenvalue weighted by molar-refractivity contribution is 0.264. The predicted molar refractivity (Wildman–Crippen MR) is 84.6 cm³/mol. The fourth-order valence-corrected chi connectivity index (χ4v) is 4.06. The third-order valence-corrected chi connectivity index (χ3v) is 4.68. The lowest BCUT2D eigenvalue weighted by atomic mass is 10.1. The maximum absolute atomic E-state index is 3.48. The minimum Gasteiger partial charge on any atom is -0.315 e. The fraction of sp³-hybridized carbons (Fsp3) is 1.00. The molecule has 1 N–H and O–H groups in total. The molecule has 1 aliphatic heterocycles. The quantitative estimate of drug-likeness (QED) is 0.682. The highest BCUT2D eigenvalue weighted by Gasteiger charge is 2.21. The van der Waals surface area contributed by atoms with E-state index in [1.54, 1.807) is 0 Å². The molecule has 1 saturated heterocycles. The number of nitrogens with one attached hydrogen (secondary N) is 1. The Bertz CT molecular complexity index is 199. The number of rotatable bonds is 8. The molecule has 0 aliphatic carbocycles. The van der Waals surface area contributed by atoms with Gasteiger partial charge in [-0.3, -0.25) is 0 Å². The Morgan fingerprint density at radius 2 is 1.67 bits per heavy atom. The second kappa shape index (κ2) is 9.22. The van der Waals surface area contributed by atoms with Gasteiger partial charge in [-0.25, -0.2) is 0 Å². The molecule has 0 spiro atoms. The Hall–Kier alpha value is 0.270. The monoisotopic (exact) mass is 272 g/mol. The third kappa shape index (κ3) is 7.65. The van der Waals surface area contributed by atoms with Crippen molar-refractivity contribution in [3.8, 4) is 0 Å². The smallest absolute Gasteiger partial charge is 0.0149 e. The summed E-state index contributed by atoms with van der Waals surface area (Å²) in [6.45, 7) is 14.3. The van der Waals surface area contributed by atoms with Crippen molar-refractivity contribution in [1.29, 1.82) is 0 Å². The Kier molecular flexibility index (Phi) is 8.36. The zero-order chi connectivity index (χ0) is 13.4.